The lowest BCUT2D eigenvalue weighted by Gasteiger charge is -2.03. The standard InChI is InChI=1S/C13H9BrN2S2/c14-10-5-6-17-12(10)7-18-13-9-3-1-2-4-11(9)15-8-16-13/h1-6,8H,7H2. The summed E-state index contributed by atoms with van der Waals surface area (Å²) < 4.78 is 1.18. The Morgan fingerprint density at radius 1 is 1.17 bits per heavy atom. The first-order valence-electron chi connectivity index (χ1n) is 5.39. The third-order valence-corrected chi connectivity index (χ3v) is 5.68. The van der Waals surface area contributed by atoms with Crippen molar-refractivity contribution < 1.29 is 0 Å². The van der Waals surface area contributed by atoms with E-state index in [-0.39, 0.29) is 0 Å². The number of nitrogens with zero attached hydrogens (tertiary/aromatic N) is 2. The fourth-order valence-corrected chi connectivity index (χ4v) is 4.44. The van der Waals surface area contributed by atoms with Crippen LogP contribution in [0.15, 0.2) is 51.5 Å². The molecule has 0 N–H and O–H groups in total. The number of thiophene rings is 1. The summed E-state index contributed by atoms with van der Waals surface area (Å²) in [6, 6.07) is 10.2. The van der Waals surface area contributed by atoms with Gasteiger partial charge in [-0.25, -0.2) is 9.97 Å². The van der Waals surface area contributed by atoms with Gasteiger partial charge in [0.1, 0.15) is 11.4 Å². The van der Waals surface area contributed by atoms with Crippen LogP contribution in [0, 0.1) is 0 Å². The summed E-state index contributed by atoms with van der Waals surface area (Å²) >= 11 is 7.07. The smallest absolute Gasteiger partial charge is 0.117 e. The van der Waals surface area contributed by atoms with Gasteiger partial charge in [-0.3, -0.25) is 0 Å². The molecule has 2 aromatic heterocycles. The second-order valence-electron chi connectivity index (χ2n) is 3.68. The van der Waals surface area contributed by atoms with E-state index in [1.165, 1.54) is 9.35 Å². The number of para-hydroxylation sites is 1. The molecule has 0 unspecified atom stereocenters. The Balaban J connectivity index is 1.89. The molecule has 0 aliphatic carbocycles. The molecule has 0 amide bonds. The molecule has 3 aromatic rings. The Bertz CT molecular complexity index is 676. The highest BCUT2D eigenvalue weighted by Crippen LogP contribution is 2.32. The number of aromatic nitrogens is 2. The van der Waals surface area contributed by atoms with E-state index < -0.39 is 0 Å². The highest BCUT2D eigenvalue weighted by molar-refractivity contribution is 9.10. The molecule has 0 atom stereocenters. The van der Waals surface area contributed by atoms with Crippen LogP contribution in [0.25, 0.3) is 10.9 Å². The van der Waals surface area contributed by atoms with Crippen molar-refractivity contribution in [3.63, 3.8) is 0 Å². The van der Waals surface area contributed by atoms with Gasteiger partial charge in [-0.1, -0.05) is 18.2 Å². The van der Waals surface area contributed by atoms with Crippen LogP contribution in [0.4, 0.5) is 0 Å². The van der Waals surface area contributed by atoms with Crippen LogP contribution in [0.2, 0.25) is 0 Å². The lowest BCUT2D eigenvalue weighted by atomic mass is 10.2. The third kappa shape index (κ3) is 2.43. The highest BCUT2D eigenvalue weighted by atomic mass is 79.9. The first kappa shape index (κ1) is 12.1. The van der Waals surface area contributed by atoms with Crippen LogP contribution in [0.3, 0.4) is 0 Å². The molecule has 0 spiro atoms. The highest BCUT2D eigenvalue weighted by Gasteiger charge is 2.06. The van der Waals surface area contributed by atoms with Crippen LogP contribution < -0.4 is 0 Å². The molecular weight excluding hydrogens is 328 g/mol. The lowest BCUT2D eigenvalue weighted by Crippen LogP contribution is -1.87. The zero-order valence-electron chi connectivity index (χ0n) is 9.34. The van der Waals surface area contributed by atoms with Crippen molar-refractivity contribution in [2.75, 3.05) is 0 Å². The molecular formula is C13H9BrN2S2. The zero-order chi connectivity index (χ0) is 12.4. The van der Waals surface area contributed by atoms with Gasteiger partial charge < -0.3 is 0 Å². The summed E-state index contributed by atoms with van der Waals surface area (Å²) in [5.41, 5.74) is 1.00. The molecule has 0 saturated carbocycles. The van der Waals surface area contributed by atoms with Crippen molar-refractivity contribution in [3.8, 4) is 0 Å². The summed E-state index contributed by atoms with van der Waals surface area (Å²) in [5, 5.41) is 4.26. The van der Waals surface area contributed by atoms with E-state index in [1.807, 2.05) is 18.2 Å². The van der Waals surface area contributed by atoms with E-state index in [1.54, 1.807) is 29.4 Å². The van der Waals surface area contributed by atoms with Crippen LogP contribution in [0.1, 0.15) is 4.88 Å². The molecule has 3 rings (SSSR count). The summed E-state index contributed by atoms with van der Waals surface area (Å²) in [4.78, 5) is 9.99. The summed E-state index contributed by atoms with van der Waals surface area (Å²) in [6.45, 7) is 0. The van der Waals surface area contributed by atoms with E-state index >= 15 is 0 Å². The summed E-state index contributed by atoms with van der Waals surface area (Å²) in [5.74, 6) is 0.930. The molecule has 1 aromatic carbocycles. The fourth-order valence-electron chi connectivity index (χ4n) is 1.66. The number of fused-ring (bicyclic) bond motifs is 1. The maximum absolute atomic E-state index is 4.38. The lowest BCUT2D eigenvalue weighted by molar-refractivity contribution is 1.10. The Labute approximate surface area is 122 Å². The molecule has 5 heteroatoms. The van der Waals surface area contributed by atoms with Crippen molar-refractivity contribution in [1.82, 2.24) is 9.97 Å². The van der Waals surface area contributed by atoms with E-state index in [0.717, 1.165) is 21.7 Å². The minimum absolute atomic E-state index is 0.930. The number of rotatable bonds is 3. The van der Waals surface area contributed by atoms with Gasteiger partial charge in [-0.2, -0.15) is 0 Å². The average Bonchev–Trinajstić information content (AvgIpc) is 2.82. The van der Waals surface area contributed by atoms with E-state index in [2.05, 4.69) is 43.4 Å². The second kappa shape index (κ2) is 5.38. The van der Waals surface area contributed by atoms with E-state index in [9.17, 15) is 0 Å². The monoisotopic (exact) mass is 336 g/mol. The van der Waals surface area contributed by atoms with E-state index in [4.69, 9.17) is 0 Å². The molecule has 0 aliphatic rings. The van der Waals surface area contributed by atoms with Gasteiger partial charge in [0, 0.05) is 20.5 Å². The van der Waals surface area contributed by atoms with Crippen molar-refractivity contribution >= 4 is 49.9 Å². The number of halogens is 1. The van der Waals surface area contributed by atoms with Crippen molar-refractivity contribution in [2.24, 2.45) is 0 Å². The fraction of sp³-hybridized carbons (Fsp3) is 0.0769. The van der Waals surface area contributed by atoms with Gasteiger partial charge in [0.2, 0.25) is 0 Å². The largest absolute Gasteiger partial charge is 0.236 e. The first-order valence-corrected chi connectivity index (χ1v) is 8.05. The predicted molar refractivity (Wildman–Crippen MR) is 81.1 cm³/mol. The number of benzene rings is 1. The molecule has 0 fully saturated rings. The number of hydrogen-bond acceptors (Lipinski definition) is 4. The molecule has 18 heavy (non-hydrogen) atoms. The Hall–Kier alpha value is -0.910. The zero-order valence-corrected chi connectivity index (χ0v) is 12.6. The molecule has 2 nitrogen and oxygen atoms in total. The Morgan fingerprint density at radius 2 is 2.06 bits per heavy atom. The van der Waals surface area contributed by atoms with Gasteiger partial charge >= 0.3 is 0 Å². The molecule has 0 aliphatic heterocycles. The van der Waals surface area contributed by atoms with Crippen molar-refractivity contribution in [3.05, 3.63) is 51.4 Å². The van der Waals surface area contributed by atoms with Crippen molar-refractivity contribution in [1.29, 1.82) is 0 Å². The predicted octanol–water partition coefficient (Wildman–Crippen LogP) is 4.75. The maximum Gasteiger partial charge on any atom is 0.117 e. The topological polar surface area (TPSA) is 25.8 Å². The first-order chi connectivity index (χ1) is 8.84. The number of thioether (sulfide) groups is 1. The van der Waals surface area contributed by atoms with Crippen LogP contribution >= 0.6 is 39.0 Å². The van der Waals surface area contributed by atoms with Crippen LogP contribution in [0.5, 0.6) is 0 Å². The second-order valence-corrected chi connectivity index (χ2v) is 6.50. The SMILES string of the molecule is Brc1ccsc1CSc1ncnc2ccccc12. The Morgan fingerprint density at radius 3 is 2.89 bits per heavy atom. The van der Waals surface area contributed by atoms with Gasteiger partial charge in [-0.05, 0) is 33.4 Å². The molecule has 0 bridgehead atoms. The van der Waals surface area contributed by atoms with Gasteiger partial charge in [-0.15, -0.1) is 23.1 Å². The van der Waals surface area contributed by atoms with Crippen molar-refractivity contribution in [2.45, 2.75) is 10.8 Å². The van der Waals surface area contributed by atoms with Gasteiger partial charge in [0.15, 0.2) is 0 Å². The van der Waals surface area contributed by atoms with Gasteiger partial charge in [0.05, 0.1) is 5.52 Å². The third-order valence-electron chi connectivity index (χ3n) is 2.54. The summed E-state index contributed by atoms with van der Waals surface area (Å²) in [7, 11) is 0. The maximum atomic E-state index is 4.38. The quantitative estimate of drug-likeness (QED) is 0.510. The van der Waals surface area contributed by atoms with Gasteiger partial charge in [0.25, 0.3) is 0 Å². The minimum Gasteiger partial charge on any atom is -0.236 e. The minimum atomic E-state index is 0.930. The number of hydrogen-bond donors (Lipinski definition) is 0. The average molecular weight is 337 g/mol. The molecule has 0 saturated heterocycles. The summed E-state index contributed by atoms with van der Waals surface area (Å²) in [6.07, 6.45) is 1.63. The normalized spacial score (nSPS) is 10.9. The van der Waals surface area contributed by atoms with Crippen LogP contribution in [-0.4, -0.2) is 9.97 Å². The van der Waals surface area contributed by atoms with Crippen LogP contribution in [-0.2, 0) is 5.75 Å². The molecule has 90 valence electrons. The van der Waals surface area contributed by atoms with E-state index in [0.29, 0.717) is 0 Å². The Kier molecular flexibility index (Phi) is 3.63. The molecule has 2 heterocycles. The molecule has 0 radical (unpaired) electrons.